The maximum absolute atomic E-state index is 8.34. The predicted octanol–water partition coefficient (Wildman–Crippen LogP) is 0.967. The Kier molecular flexibility index (Phi) is 4.87. The van der Waals surface area contributed by atoms with Crippen LogP contribution in [0.5, 0.6) is 0 Å². The maximum atomic E-state index is 8.34. The Balaban J connectivity index is 3.25. The summed E-state index contributed by atoms with van der Waals surface area (Å²) in [6.45, 7) is 4.71. The fraction of sp³-hybridized carbons (Fsp3) is 0.800. The van der Waals surface area contributed by atoms with Crippen LogP contribution in [-0.4, -0.2) is 22.3 Å². The predicted molar refractivity (Wildman–Crippen MR) is 39.6 cm³/mol. The zero-order valence-electron chi connectivity index (χ0n) is 5.65. The smallest absolute Gasteiger partial charge is 0.211 e. The molecule has 0 aliphatic rings. The van der Waals surface area contributed by atoms with Crippen molar-refractivity contribution in [3.8, 4) is 0 Å². The first kappa shape index (κ1) is 9.02. The molecule has 0 amide bonds. The summed E-state index contributed by atoms with van der Waals surface area (Å²) < 4.78 is 0. The fourth-order valence-corrected chi connectivity index (χ4v) is 0.571. The highest BCUT2D eigenvalue weighted by Gasteiger charge is 1.91. The van der Waals surface area contributed by atoms with Gasteiger partial charge in [-0.15, -0.1) is 0 Å². The Morgan fingerprint density at radius 2 is 2.11 bits per heavy atom. The molecule has 0 aliphatic carbocycles. The van der Waals surface area contributed by atoms with Gasteiger partial charge in [0.2, 0.25) is 8.38 Å². The number of rotatable bonds is 3. The van der Waals surface area contributed by atoms with Crippen molar-refractivity contribution in [1.29, 1.82) is 0 Å². The first-order valence-electron chi connectivity index (χ1n) is 2.80. The molecule has 3 nitrogen and oxygen atoms in total. The summed E-state index contributed by atoms with van der Waals surface area (Å²) in [6, 6.07) is 0. The first-order chi connectivity index (χ1) is 4.13. The normalized spacial score (nSPS) is 12.2. The van der Waals surface area contributed by atoms with Crippen molar-refractivity contribution in [2.24, 2.45) is 10.9 Å². The summed E-state index contributed by atoms with van der Waals surface area (Å²) >= 11 is 0. The Bertz CT molecular complexity index is 93.0. The van der Waals surface area contributed by atoms with Crippen LogP contribution in [0.15, 0.2) is 4.99 Å². The van der Waals surface area contributed by atoms with Crippen LogP contribution in [-0.2, 0) is 0 Å². The minimum absolute atomic E-state index is 0.483. The molecule has 2 N–H and O–H groups in total. The van der Waals surface area contributed by atoms with E-state index < -0.39 is 8.38 Å². The van der Waals surface area contributed by atoms with Crippen LogP contribution in [0.4, 0.5) is 0 Å². The van der Waals surface area contributed by atoms with E-state index in [1.165, 1.54) is 5.96 Å². The molecule has 0 rings (SSSR count). The summed E-state index contributed by atoms with van der Waals surface area (Å²) in [5, 5.41) is 0. The molecule has 0 aromatic rings. The van der Waals surface area contributed by atoms with E-state index in [2.05, 4.69) is 4.99 Å². The lowest BCUT2D eigenvalue weighted by molar-refractivity contribution is 0.501. The summed E-state index contributed by atoms with van der Waals surface area (Å²) in [5.41, 5.74) is 0. The minimum Gasteiger partial charge on any atom is -0.346 e. The average Bonchev–Trinajstić information content (AvgIpc) is 1.63. The third kappa shape index (κ3) is 8.02. The van der Waals surface area contributed by atoms with E-state index >= 15 is 0 Å². The molecule has 0 spiro atoms. The topological polar surface area (TPSA) is 52.8 Å². The molecule has 0 atom stereocenters. The Morgan fingerprint density at radius 3 is 2.44 bits per heavy atom. The van der Waals surface area contributed by atoms with Gasteiger partial charge in [-0.05, 0) is 5.92 Å². The van der Waals surface area contributed by atoms with Gasteiger partial charge in [-0.1, -0.05) is 13.8 Å². The van der Waals surface area contributed by atoms with Crippen LogP contribution in [0.25, 0.3) is 0 Å². The van der Waals surface area contributed by atoms with Crippen molar-refractivity contribution >= 4 is 14.3 Å². The third-order valence-corrected chi connectivity index (χ3v) is 1.03. The largest absolute Gasteiger partial charge is 0.346 e. The van der Waals surface area contributed by atoms with E-state index in [1.807, 2.05) is 13.8 Å². The van der Waals surface area contributed by atoms with Crippen molar-refractivity contribution in [3.63, 3.8) is 0 Å². The molecule has 0 aliphatic heterocycles. The van der Waals surface area contributed by atoms with Crippen LogP contribution in [0.1, 0.15) is 13.8 Å². The van der Waals surface area contributed by atoms with Gasteiger partial charge in [0, 0.05) is 6.54 Å². The van der Waals surface area contributed by atoms with Crippen molar-refractivity contribution in [2.75, 3.05) is 6.54 Å². The molecule has 54 valence electrons. The number of hydrogen-bond acceptors (Lipinski definition) is 3. The van der Waals surface area contributed by atoms with Gasteiger partial charge in [-0.25, -0.2) is 0 Å². The SMILES string of the molecule is CC(C)CN=CP(O)O. The van der Waals surface area contributed by atoms with Crippen molar-refractivity contribution in [3.05, 3.63) is 0 Å². The molecule has 0 radical (unpaired) electrons. The highest BCUT2D eigenvalue weighted by atomic mass is 31.2. The van der Waals surface area contributed by atoms with Gasteiger partial charge in [-0.2, -0.15) is 0 Å². The Hall–Kier alpha value is 0.0200. The van der Waals surface area contributed by atoms with Crippen LogP contribution in [0.3, 0.4) is 0 Å². The van der Waals surface area contributed by atoms with Crippen LogP contribution < -0.4 is 0 Å². The summed E-state index contributed by atoms with van der Waals surface area (Å²) in [6.07, 6.45) is 0. The Morgan fingerprint density at radius 1 is 1.56 bits per heavy atom. The van der Waals surface area contributed by atoms with Crippen molar-refractivity contribution in [1.82, 2.24) is 0 Å². The lowest BCUT2D eigenvalue weighted by Gasteiger charge is -1.96. The molecular weight excluding hydrogens is 137 g/mol. The van der Waals surface area contributed by atoms with Gasteiger partial charge in [0.25, 0.3) is 0 Å². The highest BCUT2D eigenvalue weighted by Crippen LogP contribution is 2.16. The fourth-order valence-electron chi connectivity index (χ4n) is 0.331. The van der Waals surface area contributed by atoms with E-state index in [9.17, 15) is 0 Å². The lowest BCUT2D eigenvalue weighted by Crippen LogP contribution is -1.91. The summed E-state index contributed by atoms with van der Waals surface area (Å²) in [4.78, 5) is 20.4. The van der Waals surface area contributed by atoms with Gasteiger partial charge < -0.3 is 9.79 Å². The molecule has 0 heterocycles. The number of aliphatic imine (C=N–C) groups is 1. The number of hydrogen-bond donors (Lipinski definition) is 2. The lowest BCUT2D eigenvalue weighted by atomic mass is 10.2. The standard InChI is InChI=1S/C5H12NO2P/c1-5(2)3-6-4-9(7)8/h4-5,7-8H,3H2,1-2H3. The average molecular weight is 149 g/mol. The molecule has 4 heteroatoms. The van der Waals surface area contributed by atoms with Crippen molar-refractivity contribution in [2.45, 2.75) is 13.8 Å². The molecular formula is C5H12NO2P. The molecule has 0 aromatic heterocycles. The zero-order valence-corrected chi connectivity index (χ0v) is 6.55. The van der Waals surface area contributed by atoms with Gasteiger partial charge in [0.05, 0.1) is 5.96 Å². The minimum atomic E-state index is -1.92. The highest BCUT2D eigenvalue weighted by molar-refractivity contribution is 7.61. The van der Waals surface area contributed by atoms with E-state index in [1.54, 1.807) is 0 Å². The molecule has 0 saturated heterocycles. The first-order valence-corrected chi connectivity index (χ1v) is 4.11. The van der Waals surface area contributed by atoms with Crippen LogP contribution in [0.2, 0.25) is 0 Å². The molecule has 0 saturated carbocycles. The zero-order chi connectivity index (χ0) is 7.28. The molecule has 9 heavy (non-hydrogen) atoms. The van der Waals surface area contributed by atoms with E-state index in [-0.39, 0.29) is 0 Å². The van der Waals surface area contributed by atoms with Gasteiger partial charge in [0.15, 0.2) is 0 Å². The van der Waals surface area contributed by atoms with Gasteiger partial charge in [-0.3, -0.25) is 4.99 Å². The van der Waals surface area contributed by atoms with E-state index in [0.29, 0.717) is 12.5 Å². The Labute approximate surface area is 56.4 Å². The summed E-state index contributed by atoms with van der Waals surface area (Å²) in [5.74, 6) is 1.67. The van der Waals surface area contributed by atoms with Crippen LogP contribution >= 0.6 is 8.38 Å². The monoisotopic (exact) mass is 149 g/mol. The molecule has 0 aromatic carbocycles. The molecule has 0 bridgehead atoms. The second-order valence-electron chi connectivity index (χ2n) is 2.19. The van der Waals surface area contributed by atoms with E-state index in [0.717, 1.165) is 0 Å². The second kappa shape index (κ2) is 4.86. The number of nitrogens with zero attached hydrogens (tertiary/aromatic N) is 1. The van der Waals surface area contributed by atoms with Gasteiger partial charge in [0.1, 0.15) is 0 Å². The quantitative estimate of drug-likeness (QED) is 0.464. The molecule has 0 unspecified atom stereocenters. The van der Waals surface area contributed by atoms with Crippen LogP contribution in [0, 0.1) is 5.92 Å². The maximum Gasteiger partial charge on any atom is 0.211 e. The van der Waals surface area contributed by atoms with Crippen molar-refractivity contribution < 1.29 is 9.79 Å². The third-order valence-electron chi connectivity index (χ3n) is 0.655. The summed E-state index contributed by atoms with van der Waals surface area (Å²) in [7, 11) is -1.92. The molecule has 0 fully saturated rings. The van der Waals surface area contributed by atoms with E-state index in [4.69, 9.17) is 9.79 Å². The second-order valence-corrected chi connectivity index (χ2v) is 3.07. The van der Waals surface area contributed by atoms with Gasteiger partial charge >= 0.3 is 0 Å².